The topological polar surface area (TPSA) is 30.0 Å². The number of hydrogen-bond donors (Lipinski definition) is 0. The number of nitrogens with zero attached hydrogens (tertiary/aromatic N) is 1. The molecule has 1 heterocycles. The zero-order chi connectivity index (χ0) is 8.97. The number of aromatic nitrogens is 1. The van der Waals surface area contributed by atoms with Crippen molar-refractivity contribution >= 4 is 5.78 Å². The highest BCUT2D eigenvalue weighted by molar-refractivity contribution is 5.80. The van der Waals surface area contributed by atoms with E-state index in [0.29, 0.717) is 12.8 Å². The molecule has 0 saturated carbocycles. The maximum Gasteiger partial charge on any atom is 0.138 e. The summed E-state index contributed by atoms with van der Waals surface area (Å²) in [4.78, 5) is 15.2. The van der Waals surface area contributed by atoms with Gasteiger partial charge in [-0.2, -0.15) is 0 Å². The fraction of sp³-hybridized carbons (Fsp3) is 0.400. The van der Waals surface area contributed by atoms with Crippen LogP contribution in [-0.2, 0) is 11.2 Å². The molecule has 0 fully saturated rings. The molecule has 0 amide bonds. The van der Waals surface area contributed by atoms with Crippen molar-refractivity contribution in [1.82, 2.24) is 4.98 Å². The number of rotatable bonds is 3. The Morgan fingerprint density at radius 2 is 2.25 bits per heavy atom. The Kier molecular flexibility index (Phi) is 2.97. The number of ketones is 1. The molecule has 12 heavy (non-hydrogen) atoms. The van der Waals surface area contributed by atoms with Crippen molar-refractivity contribution in [2.75, 3.05) is 0 Å². The van der Waals surface area contributed by atoms with E-state index < -0.39 is 0 Å². The molecule has 0 aliphatic rings. The van der Waals surface area contributed by atoms with E-state index in [1.54, 1.807) is 6.20 Å². The number of pyridine rings is 1. The summed E-state index contributed by atoms with van der Waals surface area (Å²) < 4.78 is 0. The zero-order valence-electron chi connectivity index (χ0n) is 7.50. The number of Topliss-reactive ketones (excluding diaryl/α,β-unsaturated/α-hetero) is 1. The first kappa shape index (κ1) is 8.91. The highest BCUT2D eigenvalue weighted by Gasteiger charge is 2.00. The summed E-state index contributed by atoms with van der Waals surface area (Å²) in [5.74, 6) is 0.242. The van der Waals surface area contributed by atoms with E-state index in [1.165, 1.54) is 0 Å². The molecular weight excluding hydrogens is 150 g/mol. The minimum Gasteiger partial charge on any atom is -0.299 e. The van der Waals surface area contributed by atoms with Gasteiger partial charge < -0.3 is 0 Å². The molecule has 2 heteroatoms. The van der Waals surface area contributed by atoms with Crippen LogP contribution in [-0.4, -0.2) is 10.8 Å². The van der Waals surface area contributed by atoms with Gasteiger partial charge in [0.1, 0.15) is 5.78 Å². The Labute approximate surface area is 72.6 Å². The molecule has 64 valence electrons. The molecule has 1 rings (SSSR count). The fourth-order valence-corrected chi connectivity index (χ4v) is 0.930. The van der Waals surface area contributed by atoms with Gasteiger partial charge in [-0.25, -0.2) is 0 Å². The van der Waals surface area contributed by atoms with Crippen LogP contribution in [0.1, 0.15) is 24.6 Å². The Hall–Kier alpha value is -1.18. The molecule has 0 saturated heterocycles. The summed E-state index contributed by atoms with van der Waals surface area (Å²) in [5, 5.41) is 0. The first-order valence-corrected chi connectivity index (χ1v) is 4.15. The van der Waals surface area contributed by atoms with E-state index in [0.717, 1.165) is 11.3 Å². The van der Waals surface area contributed by atoms with E-state index in [4.69, 9.17) is 0 Å². The standard InChI is InChI=1S/C10H13NO/c1-3-10(12)6-9-5-4-8(2)7-11-9/h4-5,7H,3,6H2,1-2H3. The van der Waals surface area contributed by atoms with Crippen LogP contribution in [0.3, 0.4) is 0 Å². The van der Waals surface area contributed by atoms with Gasteiger partial charge in [-0.05, 0) is 18.6 Å². The second-order valence-electron chi connectivity index (χ2n) is 2.90. The molecule has 0 spiro atoms. The molecule has 0 N–H and O–H groups in total. The van der Waals surface area contributed by atoms with Crippen molar-refractivity contribution in [3.63, 3.8) is 0 Å². The maximum absolute atomic E-state index is 11.0. The monoisotopic (exact) mass is 163 g/mol. The zero-order valence-corrected chi connectivity index (χ0v) is 7.50. The van der Waals surface area contributed by atoms with Crippen molar-refractivity contribution < 1.29 is 4.79 Å². The van der Waals surface area contributed by atoms with Gasteiger partial charge in [0.15, 0.2) is 0 Å². The van der Waals surface area contributed by atoms with Crippen LogP contribution in [0.2, 0.25) is 0 Å². The summed E-state index contributed by atoms with van der Waals surface area (Å²) in [7, 11) is 0. The SMILES string of the molecule is CCC(=O)Cc1ccc(C)cn1. The quantitative estimate of drug-likeness (QED) is 0.681. The Bertz CT molecular complexity index is 264. The maximum atomic E-state index is 11.0. The molecule has 0 aliphatic carbocycles. The number of carbonyl (C=O) groups excluding carboxylic acids is 1. The van der Waals surface area contributed by atoms with Crippen LogP contribution < -0.4 is 0 Å². The average Bonchev–Trinajstić information content (AvgIpc) is 2.09. The van der Waals surface area contributed by atoms with Crippen LogP contribution in [0.25, 0.3) is 0 Å². The minimum absolute atomic E-state index is 0.242. The van der Waals surface area contributed by atoms with Gasteiger partial charge in [-0.3, -0.25) is 9.78 Å². The smallest absolute Gasteiger partial charge is 0.138 e. The molecule has 1 aromatic rings. The predicted molar refractivity (Wildman–Crippen MR) is 48.0 cm³/mol. The number of hydrogen-bond acceptors (Lipinski definition) is 2. The molecule has 0 atom stereocenters. The van der Waals surface area contributed by atoms with Crippen molar-refractivity contribution in [2.45, 2.75) is 26.7 Å². The molecule has 0 bridgehead atoms. The lowest BCUT2D eigenvalue weighted by Crippen LogP contribution is -2.01. The summed E-state index contributed by atoms with van der Waals surface area (Å²) in [6, 6.07) is 3.88. The van der Waals surface area contributed by atoms with Gasteiger partial charge >= 0.3 is 0 Å². The van der Waals surface area contributed by atoms with E-state index >= 15 is 0 Å². The molecular formula is C10H13NO. The Morgan fingerprint density at radius 1 is 1.50 bits per heavy atom. The van der Waals surface area contributed by atoms with Gasteiger partial charge in [0, 0.05) is 24.7 Å². The average molecular weight is 163 g/mol. The third kappa shape index (κ3) is 2.46. The van der Waals surface area contributed by atoms with Crippen LogP contribution in [0.4, 0.5) is 0 Å². The second-order valence-corrected chi connectivity index (χ2v) is 2.90. The van der Waals surface area contributed by atoms with Crippen LogP contribution >= 0.6 is 0 Å². The number of aryl methyl sites for hydroxylation is 1. The summed E-state index contributed by atoms with van der Waals surface area (Å²) >= 11 is 0. The van der Waals surface area contributed by atoms with Gasteiger partial charge in [-0.1, -0.05) is 13.0 Å². The molecule has 0 aromatic carbocycles. The van der Waals surface area contributed by atoms with Crippen molar-refractivity contribution in [2.24, 2.45) is 0 Å². The largest absolute Gasteiger partial charge is 0.299 e. The lowest BCUT2D eigenvalue weighted by molar-refractivity contribution is -0.118. The molecule has 0 aliphatic heterocycles. The molecule has 1 aromatic heterocycles. The third-order valence-corrected chi connectivity index (χ3v) is 1.75. The van der Waals surface area contributed by atoms with Crippen LogP contribution in [0.5, 0.6) is 0 Å². The normalized spacial score (nSPS) is 9.83. The lowest BCUT2D eigenvalue weighted by Gasteiger charge is -1.97. The molecule has 0 radical (unpaired) electrons. The molecule has 0 unspecified atom stereocenters. The first-order valence-electron chi connectivity index (χ1n) is 4.15. The number of carbonyl (C=O) groups is 1. The van der Waals surface area contributed by atoms with E-state index in [2.05, 4.69) is 4.98 Å². The highest BCUT2D eigenvalue weighted by atomic mass is 16.1. The Balaban J connectivity index is 2.64. The van der Waals surface area contributed by atoms with Gasteiger partial charge in [0.05, 0.1) is 0 Å². The minimum atomic E-state index is 0.242. The first-order chi connectivity index (χ1) is 5.72. The Morgan fingerprint density at radius 3 is 2.75 bits per heavy atom. The summed E-state index contributed by atoms with van der Waals surface area (Å²) in [5.41, 5.74) is 2.00. The summed E-state index contributed by atoms with van der Waals surface area (Å²) in [6.45, 7) is 3.86. The fourth-order valence-electron chi connectivity index (χ4n) is 0.930. The second kappa shape index (κ2) is 4.00. The van der Waals surface area contributed by atoms with Crippen molar-refractivity contribution in [3.05, 3.63) is 29.6 Å². The lowest BCUT2D eigenvalue weighted by atomic mass is 10.1. The van der Waals surface area contributed by atoms with Crippen LogP contribution in [0.15, 0.2) is 18.3 Å². The summed E-state index contributed by atoms with van der Waals surface area (Å²) in [6.07, 6.45) is 2.85. The van der Waals surface area contributed by atoms with Gasteiger partial charge in [0.2, 0.25) is 0 Å². The van der Waals surface area contributed by atoms with Gasteiger partial charge in [0.25, 0.3) is 0 Å². The van der Waals surface area contributed by atoms with E-state index in [9.17, 15) is 4.79 Å². The van der Waals surface area contributed by atoms with Crippen molar-refractivity contribution in [3.8, 4) is 0 Å². The third-order valence-electron chi connectivity index (χ3n) is 1.75. The van der Waals surface area contributed by atoms with Crippen molar-refractivity contribution in [1.29, 1.82) is 0 Å². The predicted octanol–water partition coefficient (Wildman–Crippen LogP) is 1.91. The van der Waals surface area contributed by atoms with Gasteiger partial charge in [-0.15, -0.1) is 0 Å². The van der Waals surface area contributed by atoms with Crippen LogP contribution in [0, 0.1) is 6.92 Å². The molecule has 2 nitrogen and oxygen atoms in total. The van der Waals surface area contributed by atoms with E-state index in [-0.39, 0.29) is 5.78 Å². The van der Waals surface area contributed by atoms with E-state index in [1.807, 2.05) is 26.0 Å². The highest BCUT2D eigenvalue weighted by Crippen LogP contribution is 2.00.